The number of aromatic carboxylic acids is 1. The fourth-order valence-corrected chi connectivity index (χ4v) is 1.59. The molecule has 0 heterocycles. The van der Waals surface area contributed by atoms with Crippen LogP contribution in [0.5, 0.6) is 0 Å². The predicted molar refractivity (Wildman–Crippen MR) is 43.9 cm³/mol. The van der Waals surface area contributed by atoms with Gasteiger partial charge in [0.05, 0.1) is 10.9 Å². The first kappa shape index (κ1) is 9.92. The Morgan fingerprint density at radius 2 is 2.08 bits per heavy atom. The van der Waals surface area contributed by atoms with E-state index >= 15 is 0 Å². The Morgan fingerprint density at radius 1 is 1.46 bits per heavy atom. The van der Waals surface area contributed by atoms with Crippen molar-refractivity contribution < 1.29 is 24.3 Å². The second-order valence-electron chi connectivity index (χ2n) is 2.29. The number of carboxylic acids is 1. The van der Waals surface area contributed by atoms with Crippen molar-refractivity contribution in [2.75, 3.05) is 0 Å². The Bertz CT molecular complexity index is 380. The SMILES string of the molecule is O=C(O)c1c[c]ccc1P(=O)(O)O. The predicted octanol–water partition coefficient (Wildman–Crippen LogP) is -0.0120. The van der Waals surface area contributed by atoms with E-state index in [1.54, 1.807) is 0 Å². The molecule has 0 aliphatic carbocycles. The number of benzene rings is 1. The summed E-state index contributed by atoms with van der Waals surface area (Å²) in [5, 5.41) is 8.08. The fraction of sp³-hybridized carbons (Fsp3) is 0. The van der Waals surface area contributed by atoms with Crippen molar-refractivity contribution >= 4 is 18.9 Å². The van der Waals surface area contributed by atoms with Crippen LogP contribution in [0.4, 0.5) is 0 Å². The molecule has 0 saturated carbocycles. The quantitative estimate of drug-likeness (QED) is 0.585. The monoisotopic (exact) mass is 201 g/mol. The summed E-state index contributed by atoms with van der Waals surface area (Å²) in [4.78, 5) is 28.0. The van der Waals surface area contributed by atoms with Gasteiger partial charge in [-0.2, -0.15) is 0 Å². The molecule has 0 aliphatic heterocycles. The van der Waals surface area contributed by atoms with Gasteiger partial charge in [-0.05, 0) is 18.2 Å². The van der Waals surface area contributed by atoms with Crippen molar-refractivity contribution in [1.82, 2.24) is 0 Å². The normalized spacial score (nSPS) is 11.2. The second-order valence-corrected chi connectivity index (χ2v) is 3.86. The molecule has 1 rings (SSSR count). The van der Waals surface area contributed by atoms with Crippen LogP contribution < -0.4 is 5.30 Å². The van der Waals surface area contributed by atoms with Gasteiger partial charge in [0.15, 0.2) is 0 Å². The van der Waals surface area contributed by atoms with Crippen LogP contribution in [0.25, 0.3) is 0 Å². The van der Waals surface area contributed by atoms with E-state index in [0.29, 0.717) is 0 Å². The largest absolute Gasteiger partial charge is 0.478 e. The molecular weight excluding hydrogens is 195 g/mol. The molecule has 1 aromatic rings. The Morgan fingerprint density at radius 3 is 2.46 bits per heavy atom. The highest BCUT2D eigenvalue weighted by Crippen LogP contribution is 2.34. The number of carbonyl (C=O) groups is 1. The zero-order valence-corrected chi connectivity index (χ0v) is 7.23. The van der Waals surface area contributed by atoms with Crippen molar-refractivity contribution in [3.05, 3.63) is 29.8 Å². The van der Waals surface area contributed by atoms with Gasteiger partial charge in [-0.1, -0.05) is 6.07 Å². The van der Waals surface area contributed by atoms with Crippen LogP contribution in [-0.4, -0.2) is 20.9 Å². The minimum absolute atomic E-state index is 0.421. The molecule has 0 amide bonds. The first-order chi connectivity index (χ1) is 5.93. The zero-order chi connectivity index (χ0) is 10.1. The third-order valence-corrected chi connectivity index (χ3v) is 2.40. The summed E-state index contributed by atoms with van der Waals surface area (Å²) < 4.78 is 10.8. The van der Waals surface area contributed by atoms with E-state index in [0.717, 1.165) is 12.1 Å². The van der Waals surface area contributed by atoms with Gasteiger partial charge in [0.25, 0.3) is 0 Å². The van der Waals surface area contributed by atoms with Crippen LogP contribution in [0.1, 0.15) is 10.4 Å². The maximum absolute atomic E-state index is 10.8. The van der Waals surface area contributed by atoms with E-state index in [9.17, 15) is 9.36 Å². The van der Waals surface area contributed by atoms with Crippen LogP contribution in [0.3, 0.4) is 0 Å². The Labute approximate surface area is 73.8 Å². The molecule has 0 atom stereocenters. The lowest BCUT2D eigenvalue weighted by atomic mass is 10.2. The third kappa shape index (κ3) is 2.15. The molecule has 0 spiro atoms. The minimum atomic E-state index is -4.51. The van der Waals surface area contributed by atoms with Gasteiger partial charge >= 0.3 is 13.6 Å². The van der Waals surface area contributed by atoms with E-state index in [2.05, 4.69) is 6.07 Å². The lowest BCUT2D eigenvalue weighted by Crippen LogP contribution is -2.15. The van der Waals surface area contributed by atoms with Crippen molar-refractivity contribution in [1.29, 1.82) is 0 Å². The van der Waals surface area contributed by atoms with Gasteiger partial charge in [0.1, 0.15) is 0 Å². The average Bonchev–Trinajstić information content (AvgIpc) is 2.03. The fourth-order valence-electron chi connectivity index (χ4n) is 0.848. The van der Waals surface area contributed by atoms with E-state index in [1.807, 2.05) is 0 Å². The van der Waals surface area contributed by atoms with Crippen LogP contribution in [0.2, 0.25) is 0 Å². The molecule has 0 saturated heterocycles. The van der Waals surface area contributed by atoms with Crippen molar-refractivity contribution in [3.63, 3.8) is 0 Å². The van der Waals surface area contributed by atoms with Crippen LogP contribution in [-0.2, 0) is 4.57 Å². The van der Waals surface area contributed by atoms with Gasteiger partial charge < -0.3 is 14.9 Å². The smallest absolute Gasteiger partial charge is 0.357 e. The molecule has 6 heteroatoms. The molecule has 69 valence electrons. The lowest BCUT2D eigenvalue weighted by molar-refractivity contribution is 0.0697. The second kappa shape index (κ2) is 3.30. The number of rotatable bonds is 2. The van der Waals surface area contributed by atoms with Crippen LogP contribution in [0.15, 0.2) is 18.2 Å². The van der Waals surface area contributed by atoms with Gasteiger partial charge in [-0.25, -0.2) is 4.79 Å². The summed E-state index contributed by atoms with van der Waals surface area (Å²) in [5.74, 6) is -1.38. The molecule has 0 unspecified atom stereocenters. The summed E-state index contributed by atoms with van der Waals surface area (Å²) in [6.45, 7) is 0. The van der Waals surface area contributed by atoms with E-state index < -0.39 is 24.4 Å². The van der Waals surface area contributed by atoms with E-state index in [1.165, 1.54) is 6.07 Å². The van der Waals surface area contributed by atoms with Gasteiger partial charge in [-0.15, -0.1) is 0 Å². The third-order valence-electron chi connectivity index (χ3n) is 1.39. The Balaban J connectivity index is 3.37. The average molecular weight is 201 g/mol. The van der Waals surface area contributed by atoms with Crippen LogP contribution >= 0.6 is 7.60 Å². The highest BCUT2D eigenvalue weighted by molar-refractivity contribution is 7.60. The maximum atomic E-state index is 10.8. The van der Waals surface area contributed by atoms with Gasteiger partial charge in [0, 0.05) is 0 Å². The standard InChI is InChI=1S/C7H6O5P/c8-7(9)5-3-1-2-4-6(5)13(10,11)12/h2-4H,(H,8,9)(H2,10,11,12). The summed E-state index contributed by atoms with van der Waals surface area (Å²) in [7, 11) is -4.51. The Kier molecular flexibility index (Phi) is 2.52. The summed E-state index contributed by atoms with van der Waals surface area (Å²) in [6.07, 6.45) is 0. The molecule has 0 fully saturated rings. The highest BCUT2D eigenvalue weighted by Gasteiger charge is 2.23. The molecule has 3 N–H and O–H groups in total. The minimum Gasteiger partial charge on any atom is -0.478 e. The van der Waals surface area contributed by atoms with Crippen molar-refractivity contribution in [2.45, 2.75) is 0 Å². The van der Waals surface area contributed by atoms with Crippen LogP contribution in [0, 0.1) is 6.07 Å². The first-order valence-corrected chi connectivity index (χ1v) is 4.83. The first-order valence-electron chi connectivity index (χ1n) is 3.22. The Hall–Kier alpha value is -1.16. The topological polar surface area (TPSA) is 94.8 Å². The number of carboxylic acid groups (broad SMARTS) is 1. The molecule has 1 radical (unpaired) electrons. The zero-order valence-electron chi connectivity index (χ0n) is 6.34. The molecule has 0 aliphatic rings. The maximum Gasteiger partial charge on any atom is 0.357 e. The van der Waals surface area contributed by atoms with Crippen molar-refractivity contribution in [2.24, 2.45) is 0 Å². The lowest BCUT2D eigenvalue weighted by Gasteiger charge is -2.06. The van der Waals surface area contributed by atoms with E-state index in [4.69, 9.17) is 14.9 Å². The molecule has 5 nitrogen and oxygen atoms in total. The van der Waals surface area contributed by atoms with E-state index in [-0.39, 0.29) is 0 Å². The molecule has 0 bridgehead atoms. The molecular formula is C7H6O5P. The number of hydrogen-bond acceptors (Lipinski definition) is 2. The summed E-state index contributed by atoms with van der Waals surface area (Å²) in [6, 6.07) is 5.75. The number of hydrogen-bond donors (Lipinski definition) is 3. The summed E-state index contributed by atoms with van der Waals surface area (Å²) in [5.41, 5.74) is -0.421. The van der Waals surface area contributed by atoms with Gasteiger partial charge in [0.2, 0.25) is 0 Å². The summed E-state index contributed by atoms with van der Waals surface area (Å²) >= 11 is 0. The van der Waals surface area contributed by atoms with Gasteiger partial charge in [-0.3, -0.25) is 4.57 Å². The molecule has 0 aromatic heterocycles. The van der Waals surface area contributed by atoms with Crippen molar-refractivity contribution in [3.8, 4) is 0 Å². The highest BCUT2D eigenvalue weighted by atomic mass is 31.2. The molecule has 1 aromatic carbocycles. The molecule has 13 heavy (non-hydrogen) atoms.